The van der Waals surface area contributed by atoms with Gasteiger partial charge in [0.1, 0.15) is 0 Å². The maximum Gasteiger partial charge on any atom is 0.479 e. The van der Waals surface area contributed by atoms with Gasteiger partial charge in [0, 0.05) is 33.5 Å². The van der Waals surface area contributed by atoms with Crippen LogP contribution in [0.15, 0.2) is 18.3 Å². The Kier molecular flexibility index (Phi) is 3.77. The van der Waals surface area contributed by atoms with Crippen LogP contribution in [0, 0.1) is 0 Å². The highest BCUT2D eigenvalue weighted by Gasteiger charge is 2.47. The van der Waals surface area contributed by atoms with E-state index >= 15 is 0 Å². The van der Waals surface area contributed by atoms with Crippen LogP contribution in [0.5, 0.6) is 0 Å². The number of morpholine rings is 1. The average molecular weight is 242 g/mol. The normalized spacial score (nSPS) is 18.9. The van der Waals surface area contributed by atoms with Gasteiger partial charge in [0.25, 0.3) is 0 Å². The van der Waals surface area contributed by atoms with Gasteiger partial charge in [-0.05, 0) is 12.1 Å². The second kappa shape index (κ2) is 5.11. The summed E-state index contributed by atoms with van der Waals surface area (Å²) in [5, 5.41) is 1.04. The van der Waals surface area contributed by atoms with Gasteiger partial charge in [-0.3, -0.25) is 4.57 Å². The molecular formula is C10H18N2O3Si. The molecule has 0 atom stereocenters. The van der Waals surface area contributed by atoms with Crippen LogP contribution in [-0.4, -0.2) is 58.8 Å². The monoisotopic (exact) mass is 242 g/mol. The number of hydrogen-bond donors (Lipinski definition) is 1. The molecule has 0 aliphatic carbocycles. The molecule has 0 unspecified atom stereocenters. The van der Waals surface area contributed by atoms with Gasteiger partial charge in [0.2, 0.25) is 0 Å². The first-order valence-corrected chi connectivity index (χ1v) is 7.17. The Balaban J connectivity index is 2.26. The lowest BCUT2D eigenvalue weighted by molar-refractivity contribution is 0.0444. The average Bonchev–Trinajstić information content (AvgIpc) is 2.87. The number of ether oxygens (including phenoxy) is 1. The summed E-state index contributed by atoms with van der Waals surface area (Å²) in [5.74, 6) is 0. The predicted molar refractivity (Wildman–Crippen MR) is 62.6 cm³/mol. The number of rotatable bonds is 4. The maximum absolute atomic E-state index is 5.73. The van der Waals surface area contributed by atoms with Crippen molar-refractivity contribution < 1.29 is 13.6 Å². The summed E-state index contributed by atoms with van der Waals surface area (Å²) in [5.41, 5.74) is 0. The molecule has 0 spiro atoms. The molecule has 1 N–H and O–H groups in total. The van der Waals surface area contributed by atoms with Crippen molar-refractivity contribution in [2.24, 2.45) is 0 Å². The second-order valence-corrected chi connectivity index (χ2v) is 6.82. The molecule has 0 bridgehead atoms. The SMILES string of the molecule is CO[Si](OC)(c1ccc[nH]1)N1CCOCC1. The smallest absolute Gasteiger partial charge is 0.382 e. The van der Waals surface area contributed by atoms with E-state index in [4.69, 9.17) is 13.6 Å². The minimum atomic E-state index is -2.47. The molecule has 0 radical (unpaired) electrons. The van der Waals surface area contributed by atoms with Crippen LogP contribution in [-0.2, 0) is 13.6 Å². The summed E-state index contributed by atoms with van der Waals surface area (Å²) in [7, 11) is 0.960. The zero-order chi connectivity index (χ0) is 11.4. The van der Waals surface area contributed by atoms with Gasteiger partial charge < -0.3 is 18.6 Å². The molecule has 0 saturated carbocycles. The van der Waals surface area contributed by atoms with Gasteiger partial charge in [0.15, 0.2) is 0 Å². The quantitative estimate of drug-likeness (QED) is 0.742. The molecule has 1 aliphatic rings. The Hall–Kier alpha value is -0.663. The summed E-state index contributed by atoms with van der Waals surface area (Å²) in [6.45, 7) is 3.18. The first kappa shape index (κ1) is 11.8. The van der Waals surface area contributed by atoms with Crippen molar-refractivity contribution in [2.45, 2.75) is 0 Å². The molecule has 1 aliphatic heterocycles. The molecule has 2 heterocycles. The third kappa shape index (κ3) is 1.94. The van der Waals surface area contributed by atoms with Crippen molar-refractivity contribution in [1.29, 1.82) is 0 Å². The van der Waals surface area contributed by atoms with Crippen LogP contribution in [0.1, 0.15) is 0 Å². The van der Waals surface area contributed by atoms with Gasteiger partial charge in [0.05, 0.1) is 18.5 Å². The van der Waals surface area contributed by atoms with E-state index in [-0.39, 0.29) is 0 Å². The number of aromatic amines is 1. The molecule has 5 nitrogen and oxygen atoms in total. The standard InChI is InChI=1S/C10H18N2O3Si/c1-13-16(14-2,10-4-3-5-11-10)12-6-8-15-9-7-12/h3-5,11H,6-9H2,1-2H3. The third-order valence-corrected chi connectivity index (χ3v) is 6.30. The van der Waals surface area contributed by atoms with E-state index in [9.17, 15) is 0 Å². The molecule has 0 amide bonds. The van der Waals surface area contributed by atoms with E-state index in [0.717, 1.165) is 31.6 Å². The van der Waals surface area contributed by atoms with E-state index in [2.05, 4.69) is 9.55 Å². The molecule has 1 saturated heterocycles. The lowest BCUT2D eigenvalue weighted by atomic mass is 10.5. The number of nitrogens with zero attached hydrogens (tertiary/aromatic N) is 1. The molecule has 90 valence electrons. The molecule has 1 fully saturated rings. The molecule has 16 heavy (non-hydrogen) atoms. The maximum atomic E-state index is 5.73. The van der Waals surface area contributed by atoms with E-state index in [0.29, 0.717) is 0 Å². The van der Waals surface area contributed by atoms with Crippen LogP contribution < -0.4 is 5.32 Å². The molecule has 2 rings (SSSR count). The topological polar surface area (TPSA) is 46.7 Å². The highest BCUT2D eigenvalue weighted by atomic mass is 28.4. The van der Waals surface area contributed by atoms with Gasteiger partial charge in [-0.1, -0.05) is 0 Å². The summed E-state index contributed by atoms with van der Waals surface area (Å²) >= 11 is 0. The molecular weight excluding hydrogens is 224 g/mol. The van der Waals surface area contributed by atoms with Gasteiger partial charge in [-0.25, -0.2) is 0 Å². The fourth-order valence-electron chi connectivity index (χ4n) is 2.12. The van der Waals surface area contributed by atoms with Crippen molar-refractivity contribution in [3.8, 4) is 0 Å². The molecule has 1 aromatic rings. The Labute approximate surface area is 96.6 Å². The van der Waals surface area contributed by atoms with Crippen molar-refractivity contribution in [3.05, 3.63) is 18.3 Å². The molecule has 1 aromatic heterocycles. The van der Waals surface area contributed by atoms with Crippen molar-refractivity contribution in [3.63, 3.8) is 0 Å². The zero-order valence-electron chi connectivity index (χ0n) is 9.73. The van der Waals surface area contributed by atoms with E-state index in [1.807, 2.05) is 18.3 Å². The van der Waals surface area contributed by atoms with E-state index in [1.165, 1.54) is 0 Å². The fraction of sp³-hybridized carbons (Fsp3) is 0.600. The number of nitrogens with one attached hydrogen (secondary N) is 1. The third-order valence-electron chi connectivity index (χ3n) is 2.92. The second-order valence-electron chi connectivity index (χ2n) is 3.67. The van der Waals surface area contributed by atoms with Crippen molar-refractivity contribution >= 4 is 14.0 Å². The van der Waals surface area contributed by atoms with Gasteiger partial charge >= 0.3 is 8.72 Å². The van der Waals surface area contributed by atoms with Gasteiger partial charge in [-0.2, -0.15) is 0 Å². The van der Waals surface area contributed by atoms with E-state index < -0.39 is 8.72 Å². The van der Waals surface area contributed by atoms with Crippen LogP contribution in [0.2, 0.25) is 0 Å². The number of aromatic nitrogens is 1. The minimum Gasteiger partial charge on any atom is -0.382 e. The molecule has 6 heteroatoms. The van der Waals surface area contributed by atoms with Crippen LogP contribution in [0.25, 0.3) is 0 Å². The predicted octanol–water partition coefficient (Wildman–Crippen LogP) is -0.214. The zero-order valence-corrected chi connectivity index (χ0v) is 10.7. The van der Waals surface area contributed by atoms with Crippen molar-refractivity contribution in [2.75, 3.05) is 40.5 Å². The first-order chi connectivity index (χ1) is 7.83. The Morgan fingerprint density at radius 2 is 2.00 bits per heavy atom. The van der Waals surface area contributed by atoms with Crippen LogP contribution in [0.3, 0.4) is 0 Å². The Morgan fingerprint density at radius 3 is 2.50 bits per heavy atom. The number of hydrogen-bond acceptors (Lipinski definition) is 4. The summed E-state index contributed by atoms with van der Waals surface area (Å²) in [4.78, 5) is 3.21. The Bertz CT molecular complexity index is 308. The van der Waals surface area contributed by atoms with Crippen molar-refractivity contribution in [1.82, 2.24) is 9.55 Å². The minimum absolute atomic E-state index is 0.738. The highest BCUT2D eigenvalue weighted by molar-refractivity contribution is 6.77. The van der Waals surface area contributed by atoms with Gasteiger partial charge in [-0.15, -0.1) is 0 Å². The van der Waals surface area contributed by atoms with E-state index in [1.54, 1.807) is 14.2 Å². The lowest BCUT2D eigenvalue weighted by Gasteiger charge is -2.39. The summed E-state index contributed by atoms with van der Waals surface area (Å²) < 4.78 is 19.1. The highest BCUT2D eigenvalue weighted by Crippen LogP contribution is 2.13. The largest absolute Gasteiger partial charge is 0.479 e. The van der Waals surface area contributed by atoms with Crippen LogP contribution in [0.4, 0.5) is 0 Å². The fourth-order valence-corrected chi connectivity index (χ4v) is 4.92. The first-order valence-electron chi connectivity index (χ1n) is 5.40. The summed E-state index contributed by atoms with van der Waals surface area (Å²) in [6.07, 6.45) is 1.90. The summed E-state index contributed by atoms with van der Waals surface area (Å²) in [6, 6.07) is 3.99. The number of H-pyrrole nitrogens is 1. The Morgan fingerprint density at radius 1 is 1.31 bits per heavy atom. The van der Waals surface area contributed by atoms with Crippen LogP contribution >= 0.6 is 0 Å². The molecule has 0 aromatic carbocycles. The lowest BCUT2D eigenvalue weighted by Crippen LogP contribution is -2.68.